The number of amides is 1. The van der Waals surface area contributed by atoms with Crippen molar-refractivity contribution in [3.05, 3.63) is 71.0 Å². The number of aromatic nitrogens is 1. The van der Waals surface area contributed by atoms with Gasteiger partial charge in [-0.1, -0.05) is 48.9 Å². The molecule has 1 saturated carbocycles. The molecule has 2 N–H and O–H groups in total. The molecule has 1 heterocycles. The molecule has 0 spiro atoms. The van der Waals surface area contributed by atoms with E-state index in [1.165, 1.54) is 18.3 Å². The number of carbonyl (C=O) groups is 2. The maximum Gasteiger partial charge on any atom is 0.392 e. The van der Waals surface area contributed by atoms with Crippen LogP contribution in [0.4, 0.5) is 18.9 Å². The summed E-state index contributed by atoms with van der Waals surface area (Å²) in [5, 5.41) is 13.4. The first-order valence-electron chi connectivity index (χ1n) is 11.3. The molecule has 0 aliphatic heterocycles. The fourth-order valence-corrected chi connectivity index (χ4v) is 4.57. The maximum absolute atomic E-state index is 13.8. The number of fused-ring (bicyclic) bond motifs is 1. The Morgan fingerprint density at radius 1 is 1.14 bits per heavy atom. The molecule has 0 bridgehead atoms. The van der Waals surface area contributed by atoms with E-state index in [0.29, 0.717) is 10.9 Å². The quantitative estimate of drug-likeness (QED) is 0.354. The Morgan fingerprint density at radius 3 is 2.46 bits per heavy atom. The topological polar surface area (TPSA) is 79.3 Å². The zero-order valence-electron chi connectivity index (χ0n) is 18.8. The number of carboxylic acid groups (broad SMARTS) is 1. The molecule has 1 amide bonds. The Labute approximate surface area is 205 Å². The number of nitrogens with zero attached hydrogens (tertiary/aromatic N) is 1. The van der Waals surface area contributed by atoms with Crippen molar-refractivity contribution in [2.45, 2.75) is 44.2 Å². The molecule has 0 saturated heterocycles. The van der Waals surface area contributed by atoms with Crippen molar-refractivity contribution in [3.8, 4) is 0 Å². The first-order valence-corrected chi connectivity index (χ1v) is 11.7. The number of anilines is 1. The molecular weight excluding hydrogens is 481 g/mol. The molecule has 1 fully saturated rings. The lowest BCUT2D eigenvalue weighted by molar-refractivity contribution is -0.178. The van der Waals surface area contributed by atoms with Gasteiger partial charge in [0.25, 0.3) is 0 Å². The first kappa shape index (κ1) is 25.0. The number of carboxylic acids is 1. The Hall–Kier alpha value is -3.13. The van der Waals surface area contributed by atoms with Crippen LogP contribution in [0, 0.1) is 11.8 Å². The Kier molecular flexibility index (Phi) is 7.03. The van der Waals surface area contributed by atoms with Crippen LogP contribution in [-0.2, 0) is 9.59 Å². The summed E-state index contributed by atoms with van der Waals surface area (Å²) in [5.74, 6) is -5.49. The van der Waals surface area contributed by atoms with Crippen molar-refractivity contribution in [2.75, 3.05) is 5.32 Å². The van der Waals surface area contributed by atoms with Crippen molar-refractivity contribution >= 4 is 39.9 Å². The van der Waals surface area contributed by atoms with Gasteiger partial charge in [0, 0.05) is 11.6 Å². The van der Waals surface area contributed by atoms with E-state index in [-0.39, 0.29) is 34.7 Å². The third-order valence-electron chi connectivity index (χ3n) is 6.53. The van der Waals surface area contributed by atoms with Crippen LogP contribution in [-0.4, -0.2) is 28.1 Å². The molecule has 0 unspecified atom stereocenters. The predicted molar refractivity (Wildman–Crippen MR) is 128 cm³/mol. The van der Waals surface area contributed by atoms with Crippen LogP contribution >= 0.6 is 11.6 Å². The van der Waals surface area contributed by atoms with Gasteiger partial charge in [-0.05, 0) is 53.8 Å². The van der Waals surface area contributed by atoms with Crippen LogP contribution < -0.4 is 5.32 Å². The van der Waals surface area contributed by atoms with Gasteiger partial charge < -0.3 is 10.4 Å². The Balaban J connectivity index is 1.68. The normalized spacial score (nSPS) is 16.5. The number of rotatable bonds is 8. The zero-order chi connectivity index (χ0) is 25.3. The number of hydrogen-bond acceptors (Lipinski definition) is 3. The van der Waals surface area contributed by atoms with Gasteiger partial charge in [-0.25, -0.2) is 0 Å². The molecule has 35 heavy (non-hydrogen) atoms. The molecule has 1 aliphatic carbocycles. The van der Waals surface area contributed by atoms with Crippen molar-refractivity contribution in [1.82, 2.24) is 4.98 Å². The van der Waals surface area contributed by atoms with Gasteiger partial charge in [0.05, 0.1) is 34.7 Å². The molecule has 0 radical (unpaired) electrons. The Bertz CT molecular complexity index is 1260. The average Bonchev–Trinajstić information content (AvgIpc) is 3.64. The summed E-state index contributed by atoms with van der Waals surface area (Å²) in [7, 11) is 0. The number of pyridine rings is 1. The van der Waals surface area contributed by atoms with Crippen LogP contribution in [0.2, 0.25) is 5.02 Å². The van der Waals surface area contributed by atoms with E-state index in [0.717, 1.165) is 25.2 Å². The van der Waals surface area contributed by atoms with Crippen molar-refractivity contribution in [1.29, 1.82) is 0 Å². The van der Waals surface area contributed by atoms with Crippen LogP contribution in [0.1, 0.15) is 49.3 Å². The second-order valence-corrected chi connectivity index (χ2v) is 9.44. The third kappa shape index (κ3) is 5.75. The number of hydrogen-bond donors (Lipinski definition) is 2. The summed E-state index contributed by atoms with van der Waals surface area (Å²) in [4.78, 5) is 28.8. The molecule has 4 rings (SSSR count). The Morgan fingerprint density at radius 2 is 1.83 bits per heavy atom. The zero-order valence-corrected chi connectivity index (χ0v) is 19.6. The SMILES string of the molecule is C[C@H]([C@H](C(=O)Nc1cc([C@@H](CC(=O)O)C2CC2)ccc1Cl)c1cc2ccccc2cn1)C(F)(F)F. The van der Waals surface area contributed by atoms with E-state index in [4.69, 9.17) is 11.6 Å². The lowest BCUT2D eigenvalue weighted by Gasteiger charge is -2.25. The molecule has 3 aromatic rings. The predicted octanol–water partition coefficient (Wildman–Crippen LogP) is 6.78. The summed E-state index contributed by atoms with van der Waals surface area (Å²) in [6, 6.07) is 13.4. The van der Waals surface area contributed by atoms with Crippen molar-refractivity contribution in [3.63, 3.8) is 0 Å². The van der Waals surface area contributed by atoms with Crippen LogP contribution in [0.5, 0.6) is 0 Å². The van der Waals surface area contributed by atoms with Gasteiger partial charge in [-0.3, -0.25) is 14.6 Å². The maximum atomic E-state index is 13.8. The summed E-state index contributed by atoms with van der Waals surface area (Å²) < 4.78 is 41.3. The molecule has 1 aromatic heterocycles. The monoisotopic (exact) mass is 504 g/mol. The minimum Gasteiger partial charge on any atom is -0.481 e. The largest absolute Gasteiger partial charge is 0.481 e. The smallest absolute Gasteiger partial charge is 0.392 e. The highest BCUT2D eigenvalue weighted by molar-refractivity contribution is 6.33. The summed E-state index contributed by atoms with van der Waals surface area (Å²) in [5.41, 5.74) is 0.823. The van der Waals surface area contributed by atoms with Gasteiger partial charge in [0.2, 0.25) is 5.91 Å². The highest BCUT2D eigenvalue weighted by Gasteiger charge is 2.45. The minimum atomic E-state index is -4.64. The summed E-state index contributed by atoms with van der Waals surface area (Å²) in [6.45, 7) is 0.954. The molecule has 9 heteroatoms. The lowest BCUT2D eigenvalue weighted by atomic mass is 9.88. The number of carbonyl (C=O) groups excluding carboxylic acids is 1. The molecular formula is C26H24ClF3N2O3. The molecule has 5 nitrogen and oxygen atoms in total. The highest BCUT2D eigenvalue weighted by Crippen LogP contribution is 2.46. The highest BCUT2D eigenvalue weighted by atomic mass is 35.5. The van der Waals surface area contributed by atoms with Gasteiger partial charge in [-0.2, -0.15) is 13.2 Å². The van der Waals surface area contributed by atoms with E-state index in [1.807, 2.05) is 0 Å². The molecule has 2 aromatic carbocycles. The molecule has 184 valence electrons. The van der Waals surface area contributed by atoms with Gasteiger partial charge in [0.1, 0.15) is 0 Å². The summed E-state index contributed by atoms with van der Waals surface area (Å²) in [6.07, 6.45) is -1.45. The van der Waals surface area contributed by atoms with Crippen LogP contribution in [0.3, 0.4) is 0 Å². The van der Waals surface area contributed by atoms with Gasteiger partial charge in [0.15, 0.2) is 0 Å². The minimum absolute atomic E-state index is 0.0000335. The lowest BCUT2D eigenvalue weighted by Crippen LogP contribution is -2.35. The fourth-order valence-electron chi connectivity index (χ4n) is 4.40. The van der Waals surface area contributed by atoms with E-state index in [2.05, 4.69) is 10.3 Å². The molecule has 3 atom stereocenters. The number of benzene rings is 2. The van der Waals surface area contributed by atoms with Crippen LogP contribution in [0.15, 0.2) is 54.7 Å². The van der Waals surface area contributed by atoms with E-state index < -0.39 is 29.9 Å². The van der Waals surface area contributed by atoms with Crippen LogP contribution in [0.25, 0.3) is 10.8 Å². The van der Waals surface area contributed by atoms with Gasteiger partial charge in [-0.15, -0.1) is 0 Å². The van der Waals surface area contributed by atoms with Crippen molar-refractivity contribution in [2.24, 2.45) is 11.8 Å². The number of aliphatic carboxylic acids is 1. The van der Waals surface area contributed by atoms with E-state index >= 15 is 0 Å². The van der Waals surface area contributed by atoms with E-state index in [1.54, 1.807) is 36.4 Å². The molecule has 1 aliphatic rings. The van der Waals surface area contributed by atoms with E-state index in [9.17, 15) is 27.9 Å². The fraction of sp³-hybridized carbons (Fsp3) is 0.346. The second-order valence-electron chi connectivity index (χ2n) is 9.03. The first-order chi connectivity index (χ1) is 16.5. The number of alkyl halides is 3. The third-order valence-corrected chi connectivity index (χ3v) is 6.86. The summed E-state index contributed by atoms with van der Waals surface area (Å²) >= 11 is 6.28. The average molecular weight is 505 g/mol. The second kappa shape index (κ2) is 9.85. The van der Waals surface area contributed by atoms with Gasteiger partial charge >= 0.3 is 12.1 Å². The standard InChI is InChI=1S/C26H24ClF3N2O3/c1-14(26(28,29)30)24(22-10-16-4-2-3-5-18(16)13-31-22)25(35)32-21-11-17(8-9-20(21)27)19(12-23(33)34)15-6-7-15/h2-5,8-11,13-15,19,24H,6-7,12H2,1H3,(H,32,35)(H,33,34)/t14-,19+,24+/m1/s1. The van der Waals surface area contributed by atoms with Crippen molar-refractivity contribution < 1.29 is 27.9 Å². The number of nitrogens with one attached hydrogen (secondary N) is 1. The number of halogens is 4.